The van der Waals surface area contributed by atoms with Crippen molar-refractivity contribution in [2.75, 3.05) is 51.2 Å². The molecule has 6 nitrogen and oxygen atoms in total. The first kappa shape index (κ1) is 20.8. The maximum atomic E-state index is 12.3. The second-order valence-electron chi connectivity index (χ2n) is 7.41. The zero-order valence-electron chi connectivity index (χ0n) is 16.5. The average Bonchev–Trinajstić information content (AvgIpc) is 2.59. The summed E-state index contributed by atoms with van der Waals surface area (Å²) < 4.78 is 5.45. The Bertz CT molecular complexity index is 584. The highest BCUT2D eigenvalue weighted by atomic mass is 16.5. The number of carbonyl (C=O) groups excluding carboxylic acids is 1. The number of hydrogen-bond donors (Lipinski definition) is 2. The molecule has 26 heavy (non-hydrogen) atoms. The molecule has 0 spiro atoms. The smallest absolute Gasteiger partial charge is 0.238 e. The molecule has 0 aliphatic carbocycles. The van der Waals surface area contributed by atoms with Crippen LogP contribution in [0.2, 0.25) is 0 Å². The van der Waals surface area contributed by atoms with Gasteiger partial charge in [-0.05, 0) is 44.9 Å². The SMILES string of the molecule is Cc1cccc(NC(=O)CN2CCN(CC(O)COC(C)C)CC2)c1C. The third-order valence-electron chi connectivity index (χ3n) is 4.80. The highest BCUT2D eigenvalue weighted by Gasteiger charge is 2.21. The maximum Gasteiger partial charge on any atom is 0.238 e. The van der Waals surface area contributed by atoms with E-state index in [0.29, 0.717) is 19.7 Å². The van der Waals surface area contributed by atoms with Crippen molar-refractivity contribution in [2.45, 2.75) is 39.9 Å². The summed E-state index contributed by atoms with van der Waals surface area (Å²) >= 11 is 0. The third kappa shape index (κ3) is 6.68. The van der Waals surface area contributed by atoms with E-state index >= 15 is 0 Å². The summed E-state index contributed by atoms with van der Waals surface area (Å²) in [7, 11) is 0. The lowest BCUT2D eigenvalue weighted by molar-refractivity contribution is -0.117. The standard InChI is InChI=1S/C20H33N3O3/c1-15(2)26-14-18(24)12-22-8-10-23(11-9-22)13-20(25)21-19-7-5-6-16(3)17(19)4/h5-7,15,18,24H,8-14H2,1-4H3,(H,21,25). The van der Waals surface area contributed by atoms with Crippen molar-refractivity contribution in [2.24, 2.45) is 0 Å². The number of aliphatic hydroxyl groups excluding tert-OH is 1. The largest absolute Gasteiger partial charge is 0.389 e. The van der Waals surface area contributed by atoms with Crippen LogP contribution in [0.1, 0.15) is 25.0 Å². The molecule has 1 aliphatic heterocycles. The Hall–Kier alpha value is -1.47. The number of β-amino-alcohol motifs (C(OH)–C–C–N with tert-alkyl or cyclic N) is 1. The van der Waals surface area contributed by atoms with Crippen LogP contribution in [0.15, 0.2) is 18.2 Å². The number of aliphatic hydroxyl groups is 1. The topological polar surface area (TPSA) is 65.0 Å². The van der Waals surface area contributed by atoms with Gasteiger partial charge in [0.1, 0.15) is 0 Å². The Morgan fingerprint density at radius 1 is 1.19 bits per heavy atom. The van der Waals surface area contributed by atoms with Crippen LogP contribution in [-0.4, -0.2) is 78.9 Å². The Morgan fingerprint density at radius 3 is 2.50 bits per heavy atom. The van der Waals surface area contributed by atoms with Gasteiger partial charge < -0.3 is 15.2 Å². The first-order valence-corrected chi connectivity index (χ1v) is 9.45. The molecule has 1 fully saturated rings. The van der Waals surface area contributed by atoms with Gasteiger partial charge in [-0.3, -0.25) is 14.6 Å². The molecule has 1 saturated heterocycles. The van der Waals surface area contributed by atoms with Crippen LogP contribution >= 0.6 is 0 Å². The molecule has 1 aliphatic rings. The van der Waals surface area contributed by atoms with Crippen molar-refractivity contribution in [3.63, 3.8) is 0 Å². The predicted molar refractivity (Wildman–Crippen MR) is 105 cm³/mol. The van der Waals surface area contributed by atoms with Gasteiger partial charge >= 0.3 is 0 Å². The Kier molecular flexibility index (Phi) is 8.03. The Balaban J connectivity index is 1.71. The molecule has 0 radical (unpaired) electrons. The van der Waals surface area contributed by atoms with Crippen molar-refractivity contribution < 1.29 is 14.6 Å². The first-order chi connectivity index (χ1) is 12.3. The van der Waals surface area contributed by atoms with E-state index in [2.05, 4.69) is 15.1 Å². The third-order valence-corrected chi connectivity index (χ3v) is 4.80. The number of ether oxygens (including phenoxy) is 1. The van der Waals surface area contributed by atoms with Gasteiger partial charge in [-0.25, -0.2) is 0 Å². The van der Waals surface area contributed by atoms with Crippen LogP contribution in [0.25, 0.3) is 0 Å². The van der Waals surface area contributed by atoms with Gasteiger partial charge in [0.25, 0.3) is 0 Å². The minimum atomic E-state index is -0.462. The van der Waals surface area contributed by atoms with Gasteiger partial charge in [0.05, 0.1) is 25.4 Å². The van der Waals surface area contributed by atoms with E-state index in [-0.39, 0.29) is 12.0 Å². The summed E-state index contributed by atoms with van der Waals surface area (Å²) in [5.74, 6) is 0.0255. The van der Waals surface area contributed by atoms with Gasteiger partial charge in [0.2, 0.25) is 5.91 Å². The number of amides is 1. The quantitative estimate of drug-likeness (QED) is 0.735. The molecule has 1 aromatic carbocycles. The monoisotopic (exact) mass is 363 g/mol. The highest BCUT2D eigenvalue weighted by Crippen LogP contribution is 2.18. The van der Waals surface area contributed by atoms with E-state index in [1.807, 2.05) is 45.9 Å². The van der Waals surface area contributed by atoms with E-state index < -0.39 is 6.10 Å². The van der Waals surface area contributed by atoms with Crippen LogP contribution in [0.5, 0.6) is 0 Å². The molecule has 1 unspecified atom stereocenters. The van der Waals surface area contributed by atoms with Gasteiger partial charge in [-0.15, -0.1) is 0 Å². The van der Waals surface area contributed by atoms with Crippen LogP contribution in [0, 0.1) is 13.8 Å². The molecule has 0 bridgehead atoms. The number of anilines is 1. The second kappa shape index (κ2) is 10.0. The normalized spacial score (nSPS) is 17.5. The predicted octanol–water partition coefficient (Wildman–Crippen LogP) is 1.65. The van der Waals surface area contributed by atoms with Crippen LogP contribution < -0.4 is 5.32 Å². The number of carbonyl (C=O) groups is 1. The van der Waals surface area contributed by atoms with Crippen molar-refractivity contribution in [3.8, 4) is 0 Å². The molecule has 1 atom stereocenters. The highest BCUT2D eigenvalue weighted by molar-refractivity contribution is 5.93. The van der Waals surface area contributed by atoms with Crippen molar-refractivity contribution in [1.29, 1.82) is 0 Å². The zero-order chi connectivity index (χ0) is 19.1. The lowest BCUT2D eigenvalue weighted by Crippen LogP contribution is -2.50. The molecule has 2 N–H and O–H groups in total. The summed E-state index contributed by atoms with van der Waals surface area (Å²) in [4.78, 5) is 16.7. The van der Waals surface area contributed by atoms with Crippen LogP contribution in [-0.2, 0) is 9.53 Å². The molecule has 1 heterocycles. The summed E-state index contributed by atoms with van der Waals surface area (Å²) in [5.41, 5.74) is 3.18. The van der Waals surface area contributed by atoms with E-state index in [9.17, 15) is 9.90 Å². The van der Waals surface area contributed by atoms with Crippen molar-refractivity contribution >= 4 is 11.6 Å². The number of benzene rings is 1. The summed E-state index contributed by atoms with van der Waals surface area (Å²) in [6.07, 6.45) is -0.325. The fourth-order valence-electron chi connectivity index (χ4n) is 3.06. The molecule has 146 valence electrons. The first-order valence-electron chi connectivity index (χ1n) is 9.45. The Labute approximate surface area is 157 Å². The average molecular weight is 364 g/mol. The van der Waals surface area contributed by atoms with Gasteiger partial charge in [0, 0.05) is 38.4 Å². The van der Waals surface area contributed by atoms with E-state index in [1.165, 1.54) is 5.56 Å². The molecule has 0 saturated carbocycles. The van der Waals surface area contributed by atoms with Crippen LogP contribution in [0.3, 0.4) is 0 Å². The molecule has 0 aromatic heterocycles. The maximum absolute atomic E-state index is 12.3. The zero-order valence-corrected chi connectivity index (χ0v) is 16.5. The molecule has 1 amide bonds. The summed E-state index contributed by atoms with van der Waals surface area (Å²) in [5, 5.41) is 13.0. The van der Waals surface area contributed by atoms with E-state index in [0.717, 1.165) is 37.4 Å². The van der Waals surface area contributed by atoms with Crippen molar-refractivity contribution in [3.05, 3.63) is 29.3 Å². The molecular weight excluding hydrogens is 330 g/mol. The van der Waals surface area contributed by atoms with E-state index in [1.54, 1.807) is 0 Å². The fourth-order valence-corrected chi connectivity index (χ4v) is 3.06. The number of nitrogens with zero attached hydrogens (tertiary/aromatic N) is 2. The second-order valence-corrected chi connectivity index (χ2v) is 7.41. The minimum absolute atomic E-state index is 0.0255. The fraction of sp³-hybridized carbons (Fsp3) is 0.650. The summed E-state index contributed by atoms with van der Waals surface area (Å²) in [6.45, 7) is 12.8. The number of rotatable bonds is 8. The lowest BCUT2D eigenvalue weighted by Gasteiger charge is -2.35. The molecular formula is C20H33N3O3. The lowest BCUT2D eigenvalue weighted by atomic mass is 10.1. The number of aryl methyl sites for hydroxylation is 1. The minimum Gasteiger partial charge on any atom is -0.389 e. The number of nitrogens with one attached hydrogen (secondary N) is 1. The molecule has 2 rings (SSSR count). The van der Waals surface area contributed by atoms with Crippen LogP contribution in [0.4, 0.5) is 5.69 Å². The number of hydrogen-bond acceptors (Lipinski definition) is 5. The van der Waals surface area contributed by atoms with E-state index in [4.69, 9.17) is 4.74 Å². The number of piperazine rings is 1. The molecule has 6 heteroatoms. The van der Waals surface area contributed by atoms with Gasteiger partial charge in [-0.1, -0.05) is 12.1 Å². The molecule has 1 aromatic rings. The van der Waals surface area contributed by atoms with Gasteiger partial charge in [-0.2, -0.15) is 0 Å². The summed E-state index contributed by atoms with van der Waals surface area (Å²) in [6, 6.07) is 5.95. The van der Waals surface area contributed by atoms with Gasteiger partial charge in [0.15, 0.2) is 0 Å². The van der Waals surface area contributed by atoms with Crippen molar-refractivity contribution in [1.82, 2.24) is 9.80 Å². The Morgan fingerprint density at radius 2 is 1.85 bits per heavy atom.